The van der Waals surface area contributed by atoms with Crippen molar-refractivity contribution in [1.29, 1.82) is 0 Å². The number of hydrogen-bond donors (Lipinski definition) is 1. The molecule has 0 aliphatic carbocycles. The molecule has 0 saturated carbocycles. The number of halogens is 3. The van der Waals surface area contributed by atoms with E-state index in [-0.39, 0.29) is 18.4 Å². The van der Waals surface area contributed by atoms with E-state index in [0.29, 0.717) is 0 Å². The molecule has 27 heavy (non-hydrogen) atoms. The van der Waals surface area contributed by atoms with Gasteiger partial charge < -0.3 is 10.1 Å². The molecule has 0 aliphatic heterocycles. The number of amides is 1. The fourth-order valence-electron chi connectivity index (χ4n) is 2.68. The third-order valence-corrected chi connectivity index (χ3v) is 4.13. The van der Waals surface area contributed by atoms with Crippen molar-refractivity contribution >= 4 is 11.9 Å². The molecule has 1 amide bonds. The second kappa shape index (κ2) is 8.70. The van der Waals surface area contributed by atoms with Crippen molar-refractivity contribution in [3.8, 4) is 0 Å². The van der Waals surface area contributed by atoms with Gasteiger partial charge in [-0.15, -0.1) is 0 Å². The fraction of sp³-hybridized carbons (Fsp3) is 0.300. The number of hydrogen-bond acceptors (Lipinski definition) is 3. The lowest BCUT2D eigenvalue weighted by Crippen LogP contribution is -2.43. The monoisotopic (exact) mass is 379 g/mol. The smallest absolute Gasteiger partial charge is 0.416 e. The van der Waals surface area contributed by atoms with Crippen LogP contribution in [0.5, 0.6) is 0 Å². The van der Waals surface area contributed by atoms with E-state index in [9.17, 15) is 22.8 Å². The SMILES string of the molecule is COC(=O)[C@@H](Cc1ccccc1C)NC(=O)Cc1cccc(C(F)(F)F)c1. The van der Waals surface area contributed by atoms with Crippen molar-refractivity contribution in [3.63, 3.8) is 0 Å². The first-order chi connectivity index (χ1) is 12.7. The molecule has 0 spiro atoms. The number of carbonyl (C=O) groups is 2. The lowest BCUT2D eigenvalue weighted by Gasteiger charge is -2.18. The molecule has 2 aromatic rings. The zero-order chi connectivity index (χ0) is 20.0. The minimum absolute atomic E-state index is 0.210. The van der Waals surface area contributed by atoms with Crippen molar-refractivity contribution in [1.82, 2.24) is 5.32 Å². The molecule has 2 rings (SSSR count). The standard InChI is InChI=1S/C20H20F3NO3/c1-13-6-3-4-8-15(13)12-17(19(26)27-2)24-18(25)11-14-7-5-9-16(10-14)20(21,22)23/h3-10,17H,11-12H2,1-2H3,(H,24,25)/t17-/m1/s1. The van der Waals surface area contributed by atoms with Gasteiger partial charge in [-0.1, -0.05) is 42.5 Å². The maximum absolute atomic E-state index is 12.8. The van der Waals surface area contributed by atoms with E-state index >= 15 is 0 Å². The van der Waals surface area contributed by atoms with Crippen LogP contribution >= 0.6 is 0 Å². The summed E-state index contributed by atoms with van der Waals surface area (Å²) in [5, 5.41) is 2.56. The molecule has 4 nitrogen and oxygen atoms in total. The first-order valence-electron chi connectivity index (χ1n) is 8.28. The molecule has 0 unspecified atom stereocenters. The van der Waals surface area contributed by atoms with Crippen LogP contribution in [0.3, 0.4) is 0 Å². The second-order valence-electron chi connectivity index (χ2n) is 6.15. The Morgan fingerprint density at radius 2 is 1.81 bits per heavy atom. The fourth-order valence-corrected chi connectivity index (χ4v) is 2.68. The number of rotatable bonds is 6. The highest BCUT2D eigenvalue weighted by molar-refractivity contribution is 5.85. The van der Waals surface area contributed by atoms with Crippen LogP contribution in [-0.2, 0) is 33.3 Å². The predicted molar refractivity (Wildman–Crippen MR) is 94.0 cm³/mol. The van der Waals surface area contributed by atoms with Crippen LogP contribution < -0.4 is 5.32 Å². The van der Waals surface area contributed by atoms with Crippen molar-refractivity contribution < 1.29 is 27.5 Å². The summed E-state index contributed by atoms with van der Waals surface area (Å²) in [7, 11) is 1.21. The maximum Gasteiger partial charge on any atom is 0.416 e. The minimum Gasteiger partial charge on any atom is -0.467 e. The Balaban J connectivity index is 2.10. The number of nitrogens with one attached hydrogen (secondary N) is 1. The van der Waals surface area contributed by atoms with Gasteiger partial charge in [-0.3, -0.25) is 4.79 Å². The Labute approximate surface area is 155 Å². The van der Waals surface area contributed by atoms with Gasteiger partial charge in [-0.2, -0.15) is 13.2 Å². The van der Waals surface area contributed by atoms with Gasteiger partial charge in [0.25, 0.3) is 0 Å². The second-order valence-corrected chi connectivity index (χ2v) is 6.15. The van der Waals surface area contributed by atoms with Gasteiger partial charge in [0, 0.05) is 6.42 Å². The van der Waals surface area contributed by atoms with Gasteiger partial charge in [0.15, 0.2) is 0 Å². The Morgan fingerprint density at radius 1 is 1.11 bits per heavy atom. The molecule has 0 bridgehead atoms. The Hall–Kier alpha value is -2.83. The van der Waals surface area contributed by atoms with Gasteiger partial charge in [0.2, 0.25) is 5.91 Å². The molecule has 0 aromatic heterocycles. The Morgan fingerprint density at radius 3 is 2.44 bits per heavy atom. The average molecular weight is 379 g/mol. The van der Waals surface area contributed by atoms with E-state index in [1.54, 1.807) is 0 Å². The van der Waals surface area contributed by atoms with Crippen LogP contribution in [0.1, 0.15) is 22.3 Å². The topological polar surface area (TPSA) is 55.4 Å². The van der Waals surface area contributed by atoms with E-state index in [0.717, 1.165) is 23.3 Å². The first-order valence-corrected chi connectivity index (χ1v) is 8.28. The summed E-state index contributed by atoms with van der Waals surface area (Å²) in [5.74, 6) is -1.17. The molecule has 0 fully saturated rings. The number of aryl methyl sites for hydroxylation is 1. The summed E-state index contributed by atoms with van der Waals surface area (Å²) in [4.78, 5) is 24.3. The lowest BCUT2D eigenvalue weighted by atomic mass is 10.0. The molecule has 0 heterocycles. The molecular formula is C20H20F3NO3. The van der Waals surface area contributed by atoms with E-state index in [2.05, 4.69) is 5.32 Å². The number of methoxy groups -OCH3 is 1. The molecule has 2 aromatic carbocycles. The van der Waals surface area contributed by atoms with E-state index in [4.69, 9.17) is 4.74 Å². The lowest BCUT2D eigenvalue weighted by molar-refractivity contribution is -0.145. The number of ether oxygens (including phenoxy) is 1. The molecular weight excluding hydrogens is 359 g/mol. The number of esters is 1. The van der Waals surface area contributed by atoms with Gasteiger partial charge in [-0.25, -0.2) is 4.79 Å². The third kappa shape index (κ3) is 5.84. The number of alkyl halides is 3. The molecule has 0 aliphatic rings. The summed E-state index contributed by atoms with van der Waals surface area (Å²) in [6.45, 7) is 1.88. The van der Waals surface area contributed by atoms with Crippen molar-refractivity contribution in [2.45, 2.75) is 32.0 Å². The maximum atomic E-state index is 12.8. The zero-order valence-electron chi connectivity index (χ0n) is 15.0. The van der Waals surface area contributed by atoms with Crippen LogP contribution in [0.15, 0.2) is 48.5 Å². The van der Waals surface area contributed by atoms with Crippen LogP contribution in [0.25, 0.3) is 0 Å². The molecule has 1 atom stereocenters. The van der Waals surface area contributed by atoms with Crippen molar-refractivity contribution in [2.75, 3.05) is 7.11 Å². The highest BCUT2D eigenvalue weighted by Gasteiger charge is 2.30. The highest BCUT2D eigenvalue weighted by atomic mass is 19.4. The third-order valence-electron chi connectivity index (χ3n) is 4.13. The zero-order valence-corrected chi connectivity index (χ0v) is 15.0. The van der Waals surface area contributed by atoms with Crippen LogP contribution in [-0.4, -0.2) is 25.0 Å². The predicted octanol–water partition coefficient (Wildman–Crippen LogP) is 3.46. The van der Waals surface area contributed by atoms with Crippen molar-refractivity contribution in [3.05, 3.63) is 70.8 Å². The average Bonchev–Trinajstić information content (AvgIpc) is 2.61. The van der Waals surface area contributed by atoms with Crippen LogP contribution in [0.2, 0.25) is 0 Å². The Bertz CT molecular complexity index is 818. The van der Waals surface area contributed by atoms with E-state index in [1.165, 1.54) is 19.2 Å². The Kier molecular flexibility index (Phi) is 6.60. The summed E-state index contributed by atoms with van der Waals surface area (Å²) in [6, 6.07) is 11.0. The van der Waals surface area contributed by atoms with Gasteiger partial charge >= 0.3 is 12.1 Å². The van der Waals surface area contributed by atoms with E-state index in [1.807, 2.05) is 31.2 Å². The van der Waals surface area contributed by atoms with Crippen LogP contribution in [0.4, 0.5) is 13.2 Å². The van der Waals surface area contributed by atoms with Crippen LogP contribution in [0, 0.1) is 6.92 Å². The van der Waals surface area contributed by atoms with Gasteiger partial charge in [0.1, 0.15) is 6.04 Å². The minimum atomic E-state index is -4.48. The largest absolute Gasteiger partial charge is 0.467 e. The molecule has 0 saturated heterocycles. The summed E-state index contributed by atoms with van der Waals surface area (Å²) in [6.07, 6.45) is -4.52. The molecule has 0 radical (unpaired) electrons. The van der Waals surface area contributed by atoms with Crippen molar-refractivity contribution in [2.24, 2.45) is 0 Å². The van der Waals surface area contributed by atoms with Gasteiger partial charge in [-0.05, 0) is 29.7 Å². The number of benzene rings is 2. The quantitative estimate of drug-likeness (QED) is 0.782. The summed E-state index contributed by atoms with van der Waals surface area (Å²) in [5.41, 5.74) is 1.21. The molecule has 7 heteroatoms. The highest BCUT2D eigenvalue weighted by Crippen LogP contribution is 2.29. The van der Waals surface area contributed by atoms with Gasteiger partial charge in [0.05, 0.1) is 19.1 Å². The molecule has 1 N–H and O–H groups in total. The number of carbonyl (C=O) groups excluding carboxylic acids is 2. The normalized spacial score (nSPS) is 12.3. The summed E-state index contributed by atoms with van der Waals surface area (Å²) >= 11 is 0. The molecule has 144 valence electrons. The summed E-state index contributed by atoms with van der Waals surface area (Å²) < 4.78 is 43.1. The first kappa shape index (κ1) is 20.5. The van der Waals surface area contributed by atoms with E-state index < -0.39 is 29.7 Å².